The van der Waals surface area contributed by atoms with Gasteiger partial charge in [0.25, 0.3) is 5.91 Å². The predicted octanol–water partition coefficient (Wildman–Crippen LogP) is 1.46. The molecule has 0 radical (unpaired) electrons. The zero-order chi connectivity index (χ0) is 15.1. The minimum atomic E-state index is -0.870. The minimum absolute atomic E-state index is 0.283. The van der Waals surface area contributed by atoms with Gasteiger partial charge in [0.2, 0.25) is 5.91 Å². The van der Waals surface area contributed by atoms with Gasteiger partial charge in [-0.25, -0.2) is 0 Å². The highest BCUT2D eigenvalue weighted by atomic mass is 16.5. The molecule has 1 aromatic carbocycles. The Morgan fingerprint density at radius 2 is 1.85 bits per heavy atom. The van der Waals surface area contributed by atoms with Crippen LogP contribution in [-0.2, 0) is 14.3 Å². The van der Waals surface area contributed by atoms with Crippen molar-refractivity contribution in [3.8, 4) is 0 Å². The van der Waals surface area contributed by atoms with Gasteiger partial charge in [0.1, 0.15) is 0 Å². The molecule has 0 aliphatic rings. The van der Waals surface area contributed by atoms with Crippen LogP contribution in [0.3, 0.4) is 0 Å². The van der Waals surface area contributed by atoms with Crippen LogP contribution in [0.15, 0.2) is 24.3 Å². The van der Waals surface area contributed by atoms with Crippen LogP contribution in [0.1, 0.15) is 37.0 Å². The highest BCUT2D eigenvalue weighted by Crippen LogP contribution is 2.10. The number of nitrogens with two attached hydrogens (primary N) is 1. The van der Waals surface area contributed by atoms with Gasteiger partial charge in [-0.3, -0.25) is 14.4 Å². The van der Waals surface area contributed by atoms with E-state index in [0.29, 0.717) is 17.7 Å². The Bertz CT molecular complexity index is 496. The molecule has 0 saturated heterocycles. The number of rotatable bonds is 6. The first-order valence-electron chi connectivity index (χ1n) is 6.34. The first-order chi connectivity index (χ1) is 9.43. The van der Waals surface area contributed by atoms with Crippen LogP contribution in [0.2, 0.25) is 0 Å². The summed E-state index contributed by atoms with van der Waals surface area (Å²) in [4.78, 5) is 34.0. The van der Waals surface area contributed by atoms with Crippen molar-refractivity contribution in [2.75, 3.05) is 5.32 Å². The van der Waals surface area contributed by atoms with E-state index >= 15 is 0 Å². The summed E-state index contributed by atoms with van der Waals surface area (Å²) in [6.45, 7) is 3.35. The van der Waals surface area contributed by atoms with Crippen molar-refractivity contribution < 1.29 is 19.1 Å². The van der Waals surface area contributed by atoms with Gasteiger partial charge in [-0.1, -0.05) is 6.92 Å². The average Bonchev–Trinajstić information content (AvgIpc) is 2.39. The number of esters is 1. The number of benzene rings is 1. The van der Waals surface area contributed by atoms with Crippen molar-refractivity contribution >= 4 is 23.5 Å². The average molecular weight is 278 g/mol. The number of hydrogen-bond acceptors (Lipinski definition) is 4. The number of amides is 2. The maximum absolute atomic E-state index is 11.8. The van der Waals surface area contributed by atoms with E-state index in [-0.39, 0.29) is 6.42 Å². The minimum Gasteiger partial charge on any atom is -0.453 e. The van der Waals surface area contributed by atoms with Gasteiger partial charge in [-0.2, -0.15) is 0 Å². The van der Waals surface area contributed by atoms with Crippen molar-refractivity contribution in [1.82, 2.24) is 0 Å². The van der Waals surface area contributed by atoms with Crippen LogP contribution in [0.5, 0.6) is 0 Å². The highest BCUT2D eigenvalue weighted by Gasteiger charge is 2.17. The molecule has 1 atom stereocenters. The normalized spacial score (nSPS) is 11.5. The number of primary amides is 1. The lowest BCUT2D eigenvalue weighted by Crippen LogP contribution is -2.29. The molecule has 1 rings (SSSR count). The van der Waals surface area contributed by atoms with Gasteiger partial charge in [0, 0.05) is 17.7 Å². The van der Waals surface area contributed by atoms with E-state index in [1.165, 1.54) is 19.1 Å². The van der Waals surface area contributed by atoms with Gasteiger partial charge in [0.05, 0.1) is 0 Å². The summed E-state index contributed by atoms with van der Waals surface area (Å²) in [5, 5.41) is 2.59. The maximum atomic E-state index is 11.8. The summed E-state index contributed by atoms with van der Waals surface area (Å²) in [7, 11) is 0. The van der Waals surface area contributed by atoms with Crippen molar-refractivity contribution in [1.29, 1.82) is 0 Å². The molecule has 0 saturated carbocycles. The van der Waals surface area contributed by atoms with Gasteiger partial charge in [-0.05, 0) is 37.6 Å². The molecule has 0 aliphatic heterocycles. The fourth-order valence-electron chi connectivity index (χ4n) is 1.48. The standard InChI is InChI=1S/C14H18N2O4/c1-3-4-12(17)20-9(2)14(19)16-11-7-5-10(6-8-11)13(15)18/h5-9H,3-4H2,1-2H3,(H2,15,18)(H,16,19)/t9-/m0/s1. The summed E-state index contributed by atoms with van der Waals surface area (Å²) in [6.07, 6.45) is 0.0806. The van der Waals surface area contributed by atoms with Gasteiger partial charge in [0.15, 0.2) is 6.10 Å². The van der Waals surface area contributed by atoms with E-state index in [1.54, 1.807) is 12.1 Å². The second-order valence-corrected chi connectivity index (χ2v) is 4.31. The zero-order valence-corrected chi connectivity index (χ0v) is 11.5. The number of anilines is 1. The zero-order valence-electron chi connectivity index (χ0n) is 11.5. The van der Waals surface area contributed by atoms with E-state index in [9.17, 15) is 14.4 Å². The molecule has 0 heterocycles. The van der Waals surface area contributed by atoms with E-state index in [1.807, 2.05) is 6.92 Å². The third kappa shape index (κ3) is 4.72. The second kappa shape index (κ2) is 7.28. The Hall–Kier alpha value is -2.37. The summed E-state index contributed by atoms with van der Waals surface area (Å²) in [6, 6.07) is 6.12. The third-order valence-electron chi connectivity index (χ3n) is 2.57. The van der Waals surface area contributed by atoms with Crippen LogP contribution >= 0.6 is 0 Å². The second-order valence-electron chi connectivity index (χ2n) is 4.31. The molecule has 20 heavy (non-hydrogen) atoms. The molecular formula is C14H18N2O4. The summed E-state index contributed by atoms with van der Waals surface area (Å²) in [5.74, 6) is -1.37. The molecular weight excluding hydrogens is 260 g/mol. The lowest BCUT2D eigenvalue weighted by atomic mass is 10.2. The van der Waals surface area contributed by atoms with Crippen LogP contribution in [0, 0.1) is 0 Å². The van der Waals surface area contributed by atoms with Crippen LogP contribution in [0.4, 0.5) is 5.69 Å². The number of hydrogen-bond donors (Lipinski definition) is 2. The molecule has 3 N–H and O–H groups in total. The lowest BCUT2D eigenvalue weighted by Gasteiger charge is -2.13. The van der Waals surface area contributed by atoms with Crippen molar-refractivity contribution in [2.24, 2.45) is 5.73 Å². The Morgan fingerprint density at radius 1 is 1.25 bits per heavy atom. The van der Waals surface area contributed by atoms with Crippen LogP contribution in [-0.4, -0.2) is 23.9 Å². The predicted molar refractivity (Wildman–Crippen MR) is 74.1 cm³/mol. The van der Waals surface area contributed by atoms with Crippen molar-refractivity contribution in [3.05, 3.63) is 29.8 Å². The quantitative estimate of drug-likeness (QED) is 0.769. The molecule has 108 valence electrons. The molecule has 0 aliphatic carbocycles. The SMILES string of the molecule is CCCC(=O)O[C@@H](C)C(=O)Nc1ccc(C(N)=O)cc1. The summed E-state index contributed by atoms with van der Waals surface area (Å²) >= 11 is 0. The summed E-state index contributed by atoms with van der Waals surface area (Å²) in [5.41, 5.74) is 5.96. The van der Waals surface area contributed by atoms with Crippen molar-refractivity contribution in [3.63, 3.8) is 0 Å². The van der Waals surface area contributed by atoms with E-state index < -0.39 is 23.9 Å². The Kier molecular flexibility index (Phi) is 5.71. The molecule has 1 aromatic rings. The molecule has 0 fully saturated rings. The topological polar surface area (TPSA) is 98.5 Å². The fourth-order valence-corrected chi connectivity index (χ4v) is 1.48. The smallest absolute Gasteiger partial charge is 0.306 e. The molecule has 0 unspecified atom stereocenters. The van der Waals surface area contributed by atoms with Crippen molar-refractivity contribution in [2.45, 2.75) is 32.8 Å². The van der Waals surface area contributed by atoms with E-state index in [0.717, 1.165) is 0 Å². The molecule has 6 nitrogen and oxygen atoms in total. The molecule has 6 heteroatoms. The molecule has 0 bridgehead atoms. The largest absolute Gasteiger partial charge is 0.453 e. The monoisotopic (exact) mass is 278 g/mol. The fraction of sp³-hybridized carbons (Fsp3) is 0.357. The highest BCUT2D eigenvalue weighted by molar-refractivity contribution is 5.96. The number of carbonyl (C=O) groups is 3. The van der Waals surface area contributed by atoms with E-state index in [2.05, 4.69) is 5.32 Å². The lowest BCUT2D eigenvalue weighted by molar-refractivity contribution is -0.153. The van der Waals surface area contributed by atoms with Gasteiger partial charge in [-0.15, -0.1) is 0 Å². The van der Waals surface area contributed by atoms with E-state index in [4.69, 9.17) is 10.5 Å². The Balaban J connectivity index is 2.57. The first kappa shape index (κ1) is 15.7. The Labute approximate surface area is 117 Å². The van der Waals surface area contributed by atoms with Gasteiger partial charge >= 0.3 is 5.97 Å². The third-order valence-corrected chi connectivity index (χ3v) is 2.57. The van der Waals surface area contributed by atoms with Gasteiger partial charge < -0.3 is 15.8 Å². The number of carbonyl (C=O) groups excluding carboxylic acids is 3. The molecule has 0 spiro atoms. The first-order valence-corrected chi connectivity index (χ1v) is 6.34. The maximum Gasteiger partial charge on any atom is 0.306 e. The van der Waals surface area contributed by atoms with Crippen LogP contribution < -0.4 is 11.1 Å². The number of ether oxygens (including phenoxy) is 1. The molecule has 2 amide bonds. The molecule has 0 aromatic heterocycles. The number of nitrogens with one attached hydrogen (secondary N) is 1. The Morgan fingerprint density at radius 3 is 2.35 bits per heavy atom. The summed E-state index contributed by atoms with van der Waals surface area (Å²) < 4.78 is 4.96. The van der Waals surface area contributed by atoms with Crippen LogP contribution in [0.25, 0.3) is 0 Å².